The number of aryl methyl sites for hydroxylation is 1. The number of likely N-dealkylation sites (tertiary alicyclic amines) is 1. The molecule has 0 atom stereocenters. The first kappa shape index (κ1) is 21.2. The quantitative estimate of drug-likeness (QED) is 0.676. The number of hydrogen-bond acceptors (Lipinski definition) is 2. The molecule has 0 bridgehead atoms. The van der Waals surface area contributed by atoms with Gasteiger partial charge in [-0.3, -0.25) is 4.98 Å². The third-order valence-electron chi connectivity index (χ3n) is 4.51. The van der Waals surface area contributed by atoms with E-state index in [-0.39, 0.29) is 11.2 Å². The summed E-state index contributed by atoms with van der Waals surface area (Å²) in [7, 11) is 0. The summed E-state index contributed by atoms with van der Waals surface area (Å²) in [5.74, 6) is 2.55. The van der Waals surface area contributed by atoms with Gasteiger partial charge < -0.3 is 4.90 Å². The zero-order valence-electron chi connectivity index (χ0n) is 16.7. The Hall–Kier alpha value is -1.82. The molecule has 0 saturated carbocycles. The molecule has 0 aliphatic carbocycles. The lowest BCUT2D eigenvalue weighted by atomic mass is 9.75. The maximum Gasteiger partial charge on any atom is 0.146 e. The minimum absolute atomic E-state index is 0.210. The second kappa shape index (κ2) is 8.52. The van der Waals surface area contributed by atoms with Gasteiger partial charge in [-0.25, -0.2) is 4.39 Å². The highest BCUT2D eigenvalue weighted by Gasteiger charge is 2.38. The number of piperidine rings is 1. The number of allylic oxidation sites excluding steroid dienone is 1. The summed E-state index contributed by atoms with van der Waals surface area (Å²) in [6, 6.07) is 3.16. The smallest absolute Gasteiger partial charge is 0.146 e. The van der Waals surface area contributed by atoms with Crippen molar-refractivity contribution < 1.29 is 4.39 Å². The first-order valence-corrected chi connectivity index (χ1v) is 9.21. The van der Waals surface area contributed by atoms with E-state index in [9.17, 15) is 4.39 Å². The number of aromatic nitrogens is 1. The van der Waals surface area contributed by atoms with Gasteiger partial charge in [0.15, 0.2) is 0 Å². The van der Waals surface area contributed by atoms with E-state index in [2.05, 4.69) is 43.2 Å². The van der Waals surface area contributed by atoms with Gasteiger partial charge in [0.25, 0.3) is 0 Å². The van der Waals surface area contributed by atoms with E-state index in [4.69, 9.17) is 6.42 Å². The summed E-state index contributed by atoms with van der Waals surface area (Å²) in [4.78, 5) is 6.70. The fraction of sp³-hybridized carbons (Fsp3) is 0.591. The lowest BCUT2D eigenvalue weighted by Gasteiger charge is -2.41. The highest BCUT2D eigenvalue weighted by molar-refractivity contribution is 5.32. The van der Waals surface area contributed by atoms with E-state index in [1.165, 1.54) is 6.07 Å². The summed E-state index contributed by atoms with van der Waals surface area (Å²) in [5, 5.41) is 0. The molecule has 1 saturated heterocycles. The maximum atomic E-state index is 14.3. The van der Waals surface area contributed by atoms with Gasteiger partial charge >= 0.3 is 0 Å². The van der Waals surface area contributed by atoms with Crippen molar-refractivity contribution in [1.82, 2.24) is 9.88 Å². The summed E-state index contributed by atoms with van der Waals surface area (Å²) in [6.07, 6.45) is 8.18. The van der Waals surface area contributed by atoms with Crippen molar-refractivity contribution in [3.63, 3.8) is 0 Å². The molecule has 2 rings (SSSR count). The minimum atomic E-state index is -0.603. The van der Waals surface area contributed by atoms with Gasteiger partial charge in [-0.2, -0.15) is 0 Å². The van der Waals surface area contributed by atoms with Crippen LogP contribution in [-0.2, 0) is 5.41 Å². The monoisotopic (exact) mass is 344 g/mol. The van der Waals surface area contributed by atoms with Crippen molar-refractivity contribution >= 4 is 0 Å². The molecule has 0 amide bonds. The van der Waals surface area contributed by atoms with E-state index in [0.29, 0.717) is 18.5 Å². The average molecular weight is 345 g/mol. The molecule has 1 aromatic rings. The third-order valence-corrected chi connectivity index (χ3v) is 4.51. The number of pyridine rings is 1. The second-order valence-electron chi connectivity index (χ2n) is 7.80. The van der Waals surface area contributed by atoms with E-state index < -0.39 is 5.41 Å². The summed E-state index contributed by atoms with van der Waals surface area (Å²) in [6.45, 7) is 18.3. The third kappa shape index (κ3) is 5.33. The molecule has 0 aromatic carbocycles. The molecule has 0 N–H and O–H groups in total. The summed E-state index contributed by atoms with van der Waals surface area (Å²) < 4.78 is 14.3. The molecule has 1 fully saturated rings. The van der Waals surface area contributed by atoms with Crippen LogP contribution in [0.5, 0.6) is 0 Å². The van der Waals surface area contributed by atoms with E-state index >= 15 is 0 Å². The Kier molecular flexibility index (Phi) is 7.23. The van der Waals surface area contributed by atoms with Gasteiger partial charge in [0.05, 0.1) is 11.1 Å². The zero-order chi connectivity index (χ0) is 19.3. The maximum absolute atomic E-state index is 14.3. The molecule has 3 heteroatoms. The Morgan fingerprint density at radius 2 is 1.88 bits per heavy atom. The first-order chi connectivity index (χ1) is 11.7. The molecule has 0 unspecified atom stereocenters. The van der Waals surface area contributed by atoms with Crippen LogP contribution in [0.4, 0.5) is 4.39 Å². The molecule has 1 aliphatic heterocycles. The van der Waals surface area contributed by atoms with E-state index in [0.717, 1.165) is 30.9 Å². The Morgan fingerprint density at radius 3 is 2.36 bits per heavy atom. The number of terminal acetylenes is 1. The van der Waals surface area contributed by atoms with Gasteiger partial charge in [0.1, 0.15) is 5.82 Å². The van der Waals surface area contributed by atoms with Crippen LogP contribution in [0.2, 0.25) is 0 Å². The van der Waals surface area contributed by atoms with Crippen LogP contribution < -0.4 is 0 Å². The molecule has 2 heterocycles. The van der Waals surface area contributed by atoms with E-state index in [1.54, 1.807) is 6.07 Å². The molecule has 1 aromatic heterocycles. The minimum Gasteiger partial charge on any atom is -0.375 e. The lowest BCUT2D eigenvalue weighted by molar-refractivity contribution is 0.205. The van der Waals surface area contributed by atoms with E-state index in [1.807, 2.05) is 20.8 Å². The van der Waals surface area contributed by atoms with Crippen LogP contribution in [0.1, 0.15) is 65.3 Å². The van der Waals surface area contributed by atoms with Gasteiger partial charge in [0, 0.05) is 24.5 Å². The molecule has 0 spiro atoms. The van der Waals surface area contributed by atoms with Gasteiger partial charge in [0.2, 0.25) is 0 Å². The largest absolute Gasteiger partial charge is 0.375 e. The molecule has 138 valence electrons. The van der Waals surface area contributed by atoms with Crippen molar-refractivity contribution in [2.24, 2.45) is 5.41 Å². The second-order valence-corrected chi connectivity index (χ2v) is 7.80. The van der Waals surface area contributed by atoms with Crippen molar-refractivity contribution in [3.8, 4) is 12.3 Å². The molecular weight excluding hydrogens is 311 g/mol. The van der Waals surface area contributed by atoms with Crippen molar-refractivity contribution in [2.45, 2.75) is 66.2 Å². The van der Waals surface area contributed by atoms with Gasteiger partial charge in [-0.05, 0) is 43.7 Å². The fourth-order valence-corrected chi connectivity index (χ4v) is 3.25. The van der Waals surface area contributed by atoms with Crippen LogP contribution >= 0.6 is 0 Å². The van der Waals surface area contributed by atoms with Gasteiger partial charge in [-0.1, -0.05) is 47.1 Å². The zero-order valence-corrected chi connectivity index (χ0v) is 16.7. The predicted molar refractivity (Wildman–Crippen MR) is 105 cm³/mol. The van der Waals surface area contributed by atoms with Crippen LogP contribution in [0.3, 0.4) is 0 Å². The Labute approximate surface area is 153 Å². The molecule has 1 aliphatic rings. The van der Waals surface area contributed by atoms with Crippen LogP contribution in [0.25, 0.3) is 0 Å². The van der Waals surface area contributed by atoms with Crippen molar-refractivity contribution in [3.05, 3.63) is 41.6 Å². The molecular formula is C22H33FN2. The molecule has 25 heavy (non-hydrogen) atoms. The van der Waals surface area contributed by atoms with Gasteiger partial charge in [-0.15, -0.1) is 6.42 Å². The number of rotatable bonds is 3. The Bertz CT molecular complexity index is 626. The van der Waals surface area contributed by atoms with Crippen LogP contribution in [0, 0.1) is 30.5 Å². The van der Waals surface area contributed by atoms with Crippen molar-refractivity contribution in [1.29, 1.82) is 0 Å². The number of halogens is 1. The molecule has 0 radical (unpaired) electrons. The summed E-state index contributed by atoms with van der Waals surface area (Å²) in [5.41, 5.74) is 1.98. The first-order valence-electron chi connectivity index (χ1n) is 9.21. The van der Waals surface area contributed by atoms with Crippen LogP contribution in [-0.4, -0.2) is 23.0 Å². The Balaban J connectivity index is 0.00000151. The predicted octanol–water partition coefficient (Wildman–Crippen LogP) is 5.47. The number of hydrogen-bond donors (Lipinski definition) is 0. The Morgan fingerprint density at radius 1 is 1.32 bits per heavy atom. The molecule has 2 nitrogen and oxygen atoms in total. The fourth-order valence-electron chi connectivity index (χ4n) is 3.25. The normalized spacial score (nSPS) is 16.5. The van der Waals surface area contributed by atoms with Crippen molar-refractivity contribution in [2.75, 3.05) is 13.1 Å². The van der Waals surface area contributed by atoms with Crippen LogP contribution in [0.15, 0.2) is 24.4 Å². The highest BCUT2D eigenvalue weighted by atomic mass is 19.1. The standard InChI is InChI=1S/C20H27FN2.C2H6/c1-7-20(18-17(21)9-8-15(2)22-18)10-12-23(13-11-20)16(3)14-19(4,5)6;1-2/h1,8-9H,3,10-14H2,2,4-6H3;1-2H3. The SMILES string of the molecule is C#CC1(c2nc(C)ccc2F)CCN(C(=C)CC(C)(C)C)CC1.CC. The highest BCUT2D eigenvalue weighted by Crippen LogP contribution is 2.37. The number of nitrogens with zero attached hydrogens (tertiary/aromatic N) is 2. The summed E-state index contributed by atoms with van der Waals surface area (Å²) >= 11 is 0. The topological polar surface area (TPSA) is 16.1 Å². The average Bonchev–Trinajstić information content (AvgIpc) is 2.57. The lowest BCUT2D eigenvalue weighted by Crippen LogP contribution is -2.42.